The Hall–Kier alpha value is -0.790. The zero-order valence-electron chi connectivity index (χ0n) is 17.5. The maximum absolute atomic E-state index is 13.2. The monoisotopic (exact) mass is 537 g/mol. The summed E-state index contributed by atoms with van der Waals surface area (Å²) in [5.74, 6) is -0.0980. The normalized spacial score (nSPS) is 26.9. The number of hydrogen-bond acceptors (Lipinski definition) is 9. The number of thiocarbonyl (C=S) groups is 1. The molecule has 2 rings (SSSR count). The topological polar surface area (TPSA) is 120 Å². The van der Waals surface area contributed by atoms with E-state index in [-0.39, 0.29) is 17.1 Å². The van der Waals surface area contributed by atoms with Crippen LogP contribution < -0.4 is 4.74 Å². The number of ether oxygens (including phenoxy) is 2. The van der Waals surface area contributed by atoms with E-state index in [1.54, 1.807) is 25.1 Å². The first-order valence-corrected chi connectivity index (χ1v) is 12.0. The first-order valence-electron chi connectivity index (χ1n) is 9.91. The van der Waals surface area contributed by atoms with Gasteiger partial charge in [0, 0.05) is 17.6 Å². The summed E-state index contributed by atoms with van der Waals surface area (Å²) in [7, 11) is 0. The lowest BCUT2D eigenvalue weighted by Gasteiger charge is -2.39. The van der Waals surface area contributed by atoms with E-state index in [0.717, 1.165) is 13.1 Å². The number of benzene rings is 1. The van der Waals surface area contributed by atoms with Gasteiger partial charge in [0.1, 0.15) is 34.5 Å². The van der Waals surface area contributed by atoms with Crippen molar-refractivity contribution in [3.8, 4) is 5.75 Å². The summed E-state index contributed by atoms with van der Waals surface area (Å²) in [6, 6.07) is 4.80. The van der Waals surface area contributed by atoms with E-state index in [1.807, 2.05) is 18.7 Å². The lowest BCUT2D eigenvalue weighted by Crippen LogP contribution is -2.60. The van der Waals surface area contributed by atoms with Crippen molar-refractivity contribution in [2.75, 3.05) is 19.7 Å². The minimum atomic E-state index is -1.58. The number of carbonyl (C=O) groups excluding carboxylic acids is 1. The predicted molar refractivity (Wildman–Crippen MR) is 125 cm³/mol. The lowest BCUT2D eigenvalue weighted by atomic mass is 9.99. The maximum atomic E-state index is 13.2. The molecule has 0 saturated carbocycles. The highest BCUT2D eigenvalue weighted by molar-refractivity contribution is 9.10. The van der Waals surface area contributed by atoms with Gasteiger partial charge in [0.2, 0.25) is 6.29 Å². The van der Waals surface area contributed by atoms with Gasteiger partial charge in [0.05, 0.1) is 17.4 Å². The first-order chi connectivity index (χ1) is 14.6. The van der Waals surface area contributed by atoms with Crippen LogP contribution in [0.4, 0.5) is 0 Å². The summed E-state index contributed by atoms with van der Waals surface area (Å²) in [6.07, 6.45) is -7.15. The van der Waals surface area contributed by atoms with E-state index in [4.69, 9.17) is 21.7 Å². The van der Waals surface area contributed by atoms with E-state index in [0.29, 0.717) is 8.79 Å². The van der Waals surface area contributed by atoms with Crippen LogP contribution >= 0.6 is 39.9 Å². The highest BCUT2D eigenvalue weighted by Gasteiger charge is 2.45. The van der Waals surface area contributed by atoms with Crippen molar-refractivity contribution < 1.29 is 34.7 Å². The summed E-state index contributed by atoms with van der Waals surface area (Å²) in [4.78, 5) is 15.2. The number of aliphatic hydroxyl groups excluding tert-OH is 4. The summed E-state index contributed by atoms with van der Waals surface area (Å²) in [5, 5.41) is 39.0. The molecule has 0 aliphatic carbocycles. The molecule has 0 bridgehead atoms. The summed E-state index contributed by atoms with van der Waals surface area (Å²) in [6.45, 7) is 6.64. The Bertz CT molecular complexity index is 778. The molecule has 1 saturated heterocycles. The molecule has 4 N–H and O–H groups in total. The average molecular weight is 538 g/mol. The molecule has 0 radical (unpaired) electrons. The molecule has 0 spiro atoms. The standard InChI is InChI=1S/C20H28BrNO7S2/c1-4-22(5-2)20(30)31-10(3)15(24)12-8-11(21)6-7-13(12)28-19-18(27)17(26)16(25)14(9-23)29-19/h6-8,10,14,16-19,23,25-27H,4-5,9H2,1-3H3/t10?,14-,16-,17+,18-,19-/m1/s1. The Morgan fingerprint density at radius 1 is 1.26 bits per heavy atom. The molecule has 0 amide bonds. The van der Waals surface area contributed by atoms with Crippen molar-refractivity contribution in [1.82, 2.24) is 4.90 Å². The van der Waals surface area contributed by atoms with E-state index >= 15 is 0 Å². The fourth-order valence-corrected chi connectivity index (χ4v) is 5.06. The van der Waals surface area contributed by atoms with Gasteiger partial charge in [0.15, 0.2) is 5.78 Å². The van der Waals surface area contributed by atoms with E-state index in [9.17, 15) is 25.2 Å². The van der Waals surface area contributed by atoms with E-state index in [1.165, 1.54) is 11.8 Å². The fourth-order valence-electron chi connectivity index (χ4n) is 3.07. The van der Waals surface area contributed by atoms with Crippen molar-refractivity contribution in [2.45, 2.75) is 56.7 Å². The largest absolute Gasteiger partial charge is 0.461 e. The number of hydrogen-bond donors (Lipinski definition) is 4. The van der Waals surface area contributed by atoms with E-state index in [2.05, 4.69) is 15.9 Å². The van der Waals surface area contributed by atoms with E-state index < -0.39 is 42.6 Å². The smallest absolute Gasteiger partial charge is 0.229 e. The Morgan fingerprint density at radius 2 is 1.90 bits per heavy atom. The average Bonchev–Trinajstić information content (AvgIpc) is 2.75. The fraction of sp³-hybridized carbons (Fsp3) is 0.600. The van der Waals surface area contributed by atoms with Crippen molar-refractivity contribution >= 4 is 50.0 Å². The highest BCUT2D eigenvalue weighted by atomic mass is 79.9. The van der Waals surface area contributed by atoms with Crippen molar-refractivity contribution in [3.63, 3.8) is 0 Å². The molecule has 1 aromatic carbocycles. The van der Waals surface area contributed by atoms with Crippen molar-refractivity contribution in [3.05, 3.63) is 28.2 Å². The molecule has 11 heteroatoms. The van der Waals surface area contributed by atoms with Gasteiger partial charge in [-0.3, -0.25) is 4.79 Å². The zero-order chi connectivity index (χ0) is 23.3. The van der Waals surface area contributed by atoms with Crippen LogP contribution in [-0.4, -0.2) is 91.1 Å². The van der Waals surface area contributed by atoms with Crippen molar-refractivity contribution in [2.24, 2.45) is 0 Å². The zero-order valence-corrected chi connectivity index (χ0v) is 20.7. The van der Waals surface area contributed by atoms with Gasteiger partial charge in [-0.15, -0.1) is 0 Å². The number of thioether (sulfide) groups is 1. The van der Waals surface area contributed by atoms with Crippen LogP contribution in [0.5, 0.6) is 5.75 Å². The SMILES string of the molecule is CCN(CC)C(=S)SC(C)C(=O)c1cc(Br)ccc1O[C@@H]1O[C@H](CO)[C@@H](O)[C@H](O)[C@H]1O. The summed E-state index contributed by atoms with van der Waals surface area (Å²) < 4.78 is 12.4. The molecule has 0 aromatic heterocycles. The van der Waals surface area contributed by atoms with Crippen LogP contribution in [0.2, 0.25) is 0 Å². The number of nitrogens with zero attached hydrogens (tertiary/aromatic N) is 1. The Morgan fingerprint density at radius 3 is 2.48 bits per heavy atom. The minimum Gasteiger partial charge on any atom is -0.461 e. The molecule has 174 valence electrons. The summed E-state index contributed by atoms with van der Waals surface area (Å²) in [5.41, 5.74) is 0.244. The van der Waals surface area contributed by atoms with Crippen LogP contribution in [-0.2, 0) is 4.74 Å². The molecule has 1 aliphatic rings. The molecule has 6 atom stereocenters. The molecular formula is C20H28BrNO7S2. The third kappa shape index (κ3) is 6.38. The number of carbonyl (C=O) groups is 1. The second kappa shape index (κ2) is 11.9. The van der Waals surface area contributed by atoms with Gasteiger partial charge in [-0.05, 0) is 39.0 Å². The number of ketones is 1. The van der Waals surface area contributed by atoms with Crippen LogP contribution in [0, 0.1) is 0 Å². The quantitative estimate of drug-likeness (QED) is 0.287. The number of aliphatic hydroxyl groups is 4. The Balaban J connectivity index is 2.23. The van der Waals surface area contributed by atoms with Gasteiger partial charge in [-0.1, -0.05) is 39.9 Å². The van der Waals surface area contributed by atoms with Crippen LogP contribution in [0.25, 0.3) is 0 Å². The van der Waals surface area contributed by atoms with Gasteiger partial charge >= 0.3 is 0 Å². The van der Waals surface area contributed by atoms with Gasteiger partial charge in [-0.25, -0.2) is 0 Å². The molecule has 1 heterocycles. The predicted octanol–water partition coefficient (Wildman–Crippen LogP) is 1.56. The molecular weight excluding hydrogens is 510 g/mol. The molecule has 1 aliphatic heterocycles. The number of Topliss-reactive ketones (excluding diaryl/α,β-unsaturated/α-hetero) is 1. The molecule has 1 unspecified atom stereocenters. The second-order valence-electron chi connectivity index (χ2n) is 7.02. The summed E-state index contributed by atoms with van der Waals surface area (Å²) >= 11 is 10.1. The van der Waals surface area contributed by atoms with Crippen LogP contribution in [0.15, 0.2) is 22.7 Å². The Kier molecular flexibility index (Phi) is 10.2. The molecule has 1 fully saturated rings. The first kappa shape index (κ1) is 26.5. The third-order valence-corrected chi connectivity index (χ3v) is 7.03. The maximum Gasteiger partial charge on any atom is 0.229 e. The number of rotatable bonds is 8. The molecule has 8 nitrogen and oxygen atoms in total. The van der Waals surface area contributed by atoms with Crippen LogP contribution in [0.3, 0.4) is 0 Å². The van der Waals surface area contributed by atoms with Gasteiger partial charge in [0.25, 0.3) is 0 Å². The minimum absolute atomic E-state index is 0.138. The lowest BCUT2D eigenvalue weighted by molar-refractivity contribution is -0.277. The number of halogens is 1. The molecule has 1 aromatic rings. The van der Waals surface area contributed by atoms with Crippen molar-refractivity contribution in [1.29, 1.82) is 0 Å². The van der Waals surface area contributed by atoms with Crippen LogP contribution in [0.1, 0.15) is 31.1 Å². The highest BCUT2D eigenvalue weighted by Crippen LogP contribution is 2.31. The molecule has 31 heavy (non-hydrogen) atoms. The van der Waals surface area contributed by atoms with Gasteiger partial charge in [-0.2, -0.15) is 0 Å². The second-order valence-corrected chi connectivity index (χ2v) is 9.91. The van der Waals surface area contributed by atoms with Gasteiger partial charge < -0.3 is 34.8 Å². The third-order valence-electron chi connectivity index (χ3n) is 4.97. The Labute approximate surface area is 199 Å².